The molecule has 6 nitrogen and oxygen atoms in total. The molecule has 0 saturated carbocycles. The molecule has 1 aliphatic carbocycles. The van der Waals surface area contributed by atoms with E-state index >= 15 is 0 Å². The minimum atomic E-state index is -3.19. The van der Waals surface area contributed by atoms with Crippen LogP contribution in [0.25, 0.3) is 0 Å². The number of piperidine rings is 1. The van der Waals surface area contributed by atoms with Gasteiger partial charge in [-0.1, -0.05) is 11.6 Å². The summed E-state index contributed by atoms with van der Waals surface area (Å²) in [7, 11) is -3.19. The minimum Gasteiger partial charge on any atom is -0.355 e. The number of nitrogens with one attached hydrogen (secondary N) is 2. The van der Waals surface area contributed by atoms with Crippen molar-refractivity contribution >= 4 is 15.9 Å². The van der Waals surface area contributed by atoms with Crippen LogP contribution < -0.4 is 10.0 Å². The molecular weight excluding hydrogens is 314 g/mol. The summed E-state index contributed by atoms with van der Waals surface area (Å²) in [6.07, 6.45) is 11.1. The molecule has 7 heteroatoms. The lowest BCUT2D eigenvalue weighted by Gasteiger charge is -2.32. The van der Waals surface area contributed by atoms with Crippen molar-refractivity contribution in [3.05, 3.63) is 11.6 Å². The van der Waals surface area contributed by atoms with E-state index in [4.69, 9.17) is 0 Å². The summed E-state index contributed by atoms with van der Waals surface area (Å²) in [6, 6.07) is -0.0843. The summed E-state index contributed by atoms with van der Waals surface area (Å²) in [6.45, 7) is 2.50. The maximum atomic E-state index is 12.0. The van der Waals surface area contributed by atoms with E-state index in [0.717, 1.165) is 25.8 Å². The Morgan fingerprint density at radius 3 is 2.87 bits per heavy atom. The van der Waals surface area contributed by atoms with Gasteiger partial charge < -0.3 is 5.32 Å². The van der Waals surface area contributed by atoms with Crippen LogP contribution in [-0.4, -0.2) is 57.7 Å². The van der Waals surface area contributed by atoms with Gasteiger partial charge in [-0.2, -0.15) is 0 Å². The zero-order valence-electron chi connectivity index (χ0n) is 14.0. The standard InChI is InChI=1S/C16H29N3O3S/c1-23(21,22)18-15-8-5-11-19(12-15)13-16(20)17-10-9-14-6-3-2-4-7-14/h6,15,18H,2-5,7-13H2,1H3,(H,17,20). The highest BCUT2D eigenvalue weighted by Crippen LogP contribution is 2.19. The third kappa shape index (κ3) is 7.46. The first-order valence-corrected chi connectivity index (χ1v) is 10.5. The van der Waals surface area contributed by atoms with Crippen molar-refractivity contribution in [2.75, 3.05) is 32.4 Å². The van der Waals surface area contributed by atoms with Gasteiger partial charge >= 0.3 is 0 Å². The molecule has 1 fully saturated rings. The van der Waals surface area contributed by atoms with Crippen molar-refractivity contribution in [2.24, 2.45) is 0 Å². The smallest absolute Gasteiger partial charge is 0.234 e. The van der Waals surface area contributed by atoms with Crippen LogP contribution in [0.3, 0.4) is 0 Å². The van der Waals surface area contributed by atoms with E-state index in [-0.39, 0.29) is 11.9 Å². The number of sulfonamides is 1. The fraction of sp³-hybridized carbons (Fsp3) is 0.812. The fourth-order valence-electron chi connectivity index (χ4n) is 3.35. The van der Waals surface area contributed by atoms with Gasteiger partial charge in [0.1, 0.15) is 0 Å². The molecule has 2 N–H and O–H groups in total. The second-order valence-corrected chi connectivity index (χ2v) is 8.45. The van der Waals surface area contributed by atoms with E-state index in [9.17, 15) is 13.2 Å². The molecule has 2 aliphatic rings. The summed E-state index contributed by atoms with van der Waals surface area (Å²) in [4.78, 5) is 14.1. The number of likely N-dealkylation sites (tertiary alicyclic amines) is 1. The molecule has 1 unspecified atom stereocenters. The Kier molecular flexibility index (Phi) is 7.05. The SMILES string of the molecule is CS(=O)(=O)NC1CCCN(CC(=O)NCCC2=CCCCC2)C1. The van der Waals surface area contributed by atoms with Gasteiger partial charge in [-0.05, 0) is 51.5 Å². The largest absolute Gasteiger partial charge is 0.355 e. The quantitative estimate of drug-likeness (QED) is 0.676. The first-order chi connectivity index (χ1) is 10.9. The van der Waals surface area contributed by atoms with Crippen LogP contribution in [0, 0.1) is 0 Å². The van der Waals surface area contributed by atoms with E-state index in [0.29, 0.717) is 19.6 Å². The van der Waals surface area contributed by atoms with Gasteiger partial charge in [0.2, 0.25) is 15.9 Å². The van der Waals surface area contributed by atoms with Crippen molar-refractivity contribution in [2.45, 2.75) is 51.0 Å². The number of amides is 1. The van der Waals surface area contributed by atoms with Gasteiger partial charge in [0.05, 0.1) is 12.8 Å². The normalized spacial score (nSPS) is 23.3. The second kappa shape index (κ2) is 8.80. The Balaban J connectivity index is 1.67. The Morgan fingerprint density at radius 1 is 1.35 bits per heavy atom. The van der Waals surface area contributed by atoms with Crippen molar-refractivity contribution in [3.8, 4) is 0 Å². The first-order valence-electron chi connectivity index (χ1n) is 8.56. The minimum absolute atomic E-state index is 0.0291. The van der Waals surface area contributed by atoms with Crippen LogP contribution in [0.1, 0.15) is 44.9 Å². The van der Waals surface area contributed by atoms with Crippen molar-refractivity contribution in [3.63, 3.8) is 0 Å². The molecule has 0 radical (unpaired) electrons. The predicted octanol–water partition coefficient (Wildman–Crippen LogP) is 1.01. The van der Waals surface area contributed by atoms with Gasteiger partial charge in [0, 0.05) is 19.1 Å². The number of rotatable bonds is 7. The Morgan fingerprint density at radius 2 is 2.17 bits per heavy atom. The third-order valence-electron chi connectivity index (χ3n) is 4.41. The summed E-state index contributed by atoms with van der Waals surface area (Å²) < 4.78 is 25.3. The van der Waals surface area contributed by atoms with E-state index < -0.39 is 10.0 Å². The third-order valence-corrected chi connectivity index (χ3v) is 5.17. The molecule has 0 aromatic carbocycles. The second-order valence-electron chi connectivity index (χ2n) is 6.67. The van der Waals surface area contributed by atoms with Crippen LogP contribution in [0.2, 0.25) is 0 Å². The zero-order chi connectivity index (χ0) is 16.7. The molecule has 1 saturated heterocycles. The fourth-order valence-corrected chi connectivity index (χ4v) is 4.15. The number of nitrogens with zero attached hydrogens (tertiary/aromatic N) is 1. The van der Waals surface area contributed by atoms with Gasteiger partial charge in [-0.15, -0.1) is 0 Å². The summed E-state index contributed by atoms with van der Waals surface area (Å²) >= 11 is 0. The molecule has 132 valence electrons. The molecular formula is C16H29N3O3S. The summed E-state index contributed by atoms with van der Waals surface area (Å²) in [5.41, 5.74) is 1.46. The molecule has 2 rings (SSSR count). The van der Waals surface area contributed by atoms with Crippen molar-refractivity contribution in [1.82, 2.24) is 14.9 Å². The average Bonchev–Trinajstić information content (AvgIpc) is 2.47. The van der Waals surface area contributed by atoms with E-state index in [2.05, 4.69) is 16.1 Å². The Labute approximate surface area is 139 Å². The first kappa shape index (κ1) is 18.4. The lowest BCUT2D eigenvalue weighted by atomic mass is 9.97. The number of carbonyl (C=O) groups excluding carboxylic acids is 1. The summed E-state index contributed by atoms with van der Waals surface area (Å²) in [5.74, 6) is 0.0291. The van der Waals surface area contributed by atoms with Crippen LogP contribution >= 0.6 is 0 Å². The van der Waals surface area contributed by atoms with E-state index in [1.165, 1.54) is 37.5 Å². The molecule has 0 aromatic rings. The number of allylic oxidation sites excluding steroid dienone is 1. The lowest BCUT2D eigenvalue weighted by molar-refractivity contribution is -0.122. The van der Waals surface area contributed by atoms with Gasteiger partial charge in [0.25, 0.3) is 0 Å². The average molecular weight is 343 g/mol. The zero-order valence-corrected chi connectivity index (χ0v) is 14.8. The highest BCUT2D eigenvalue weighted by Gasteiger charge is 2.23. The predicted molar refractivity (Wildman–Crippen MR) is 91.6 cm³/mol. The number of hydrogen-bond acceptors (Lipinski definition) is 4. The highest BCUT2D eigenvalue weighted by atomic mass is 32.2. The number of carbonyl (C=O) groups is 1. The molecule has 1 atom stereocenters. The van der Waals surface area contributed by atoms with E-state index in [1.807, 2.05) is 4.90 Å². The van der Waals surface area contributed by atoms with Crippen LogP contribution in [0.5, 0.6) is 0 Å². The molecule has 1 heterocycles. The van der Waals surface area contributed by atoms with Gasteiger partial charge in [0.15, 0.2) is 0 Å². The highest BCUT2D eigenvalue weighted by molar-refractivity contribution is 7.88. The molecule has 0 aromatic heterocycles. The number of hydrogen-bond donors (Lipinski definition) is 2. The van der Waals surface area contributed by atoms with Crippen LogP contribution in [-0.2, 0) is 14.8 Å². The molecule has 23 heavy (non-hydrogen) atoms. The van der Waals surface area contributed by atoms with E-state index in [1.54, 1.807) is 0 Å². The summed E-state index contributed by atoms with van der Waals surface area (Å²) in [5, 5.41) is 2.98. The van der Waals surface area contributed by atoms with Crippen LogP contribution in [0.15, 0.2) is 11.6 Å². The van der Waals surface area contributed by atoms with Crippen molar-refractivity contribution < 1.29 is 13.2 Å². The maximum Gasteiger partial charge on any atom is 0.234 e. The molecule has 1 aliphatic heterocycles. The van der Waals surface area contributed by atoms with Crippen molar-refractivity contribution in [1.29, 1.82) is 0 Å². The van der Waals surface area contributed by atoms with Gasteiger partial charge in [-0.25, -0.2) is 13.1 Å². The topological polar surface area (TPSA) is 78.5 Å². The lowest BCUT2D eigenvalue weighted by Crippen LogP contribution is -2.50. The molecule has 1 amide bonds. The Bertz CT molecular complexity index is 531. The van der Waals surface area contributed by atoms with Gasteiger partial charge in [-0.3, -0.25) is 9.69 Å². The molecule has 0 bridgehead atoms. The van der Waals surface area contributed by atoms with Crippen LogP contribution in [0.4, 0.5) is 0 Å². The Hall–Kier alpha value is -0.920. The monoisotopic (exact) mass is 343 g/mol. The molecule has 0 spiro atoms. The maximum absolute atomic E-state index is 12.0.